The normalized spacial score (nSPS) is 14.5. The molecule has 7 heteroatoms. The maximum atomic E-state index is 12.0. The Morgan fingerprint density at radius 2 is 1.86 bits per heavy atom. The van der Waals surface area contributed by atoms with Crippen molar-refractivity contribution in [2.24, 2.45) is 5.92 Å². The Balaban J connectivity index is 2.73. The summed E-state index contributed by atoms with van der Waals surface area (Å²) in [5.74, 6) is -0.814. The molecule has 0 radical (unpaired) electrons. The molecule has 0 aromatic heterocycles. The van der Waals surface area contributed by atoms with E-state index in [1.807, 2.05) is 0 Å². The molecule has 0 saturated carbocycles. The molecule has 0 aliphatic rings. The highest BCUT2D eigenvalue weighted by Gasteiger charge is 2.19. The van der Waals surface area contributed by atoms with Crippen LogP contribution in [0.2, 0.25) is 0 Å². The van der Waals surface area contributed by atoms with Gasteiger partial charge in [-0.05, 0) is 30.5 Å². The van der Waals surface area contributed by atoms with Crippen LogP contribution in [-0.4, -0.2) is 39.3 Å². The number of nitrogens with one attached hydrogen (secondary N) is 1. The number of rotatable bonds is 7. The second-order valence-electron chi connectivity index (χ2n) is 5.01. The smallest absolute Gasteiger partial charge is 0.337 e. The molecule has 1 rings (SSSR count). The molecule has 0 heterocycles. The fourth-order valence-electron chi connectivity index (χ4n) is 1.67. The number of aliphatic hydroxyl groups is 1. The maximum Gasteiger partial charge on any atom is 0.337 e. The van der Waals surface area contributed by atoms with Crippen LogP contribution in [0.15, 0.2) is 24.3 Å². The van der Waals surface area contributed by atoms with Gasteiger partial charge in [0.15, 0.2) is 0 Å². The van der Waals surface area contributed by atoms with Crippen LogP contribution in [0, 0.1) is 5.92 Å². The Bertz CT molecular complexity index is 568. The Morgan fingerprint density at radius 1 is 1.29 bits per heavy atom. The van der Waals surface area contributed by atoms with Gasteiger partial charge in [0.1, 0.15) is 0 Å². The van der Waals surface area contributed by atoms with E-state index < -0.39 is 16.0 Å². The van der Waals surface area contributed by atoms with Gasteiger partial charge in [0.25, 0.3) is 0 Å². The third-order valence-electron chi connectivity index (χ3n) is 3.24. The Hall–Kier alpha value is -1.44. The summed E-state index contributed by atoms with van der Waals surface area (Å²) in [6.45, 7) is 3.38. The summed E-state index contributed by atoms with van der Waals surface area (Å²) < 4.78 is 31.1. The van der Waals surface area contributed by atoms with Crippen LogP contribution >= 0.6 is 0 Å². The molecule has 2 N–H and O–H groups in total. The highest BCUT2D eigenvalue weighted by molar-refractivity contribution is 7.88. The Morgan fingerprint density at radius 3 is 2.33 bits per heavy atom. The van der Waals surface area contributed by atoms with Gasteiger partial charge in [0.05, 0.1) is 18.4 Å². The lowest BCUT2D eigenvalue weighted by Crippen LogP contribution is -2.38. The van der Waals surface area contributed by atoms with Crippen LogP contribution in [0.4, 0.5) is 0 Å². The summed E-state index contributed by atoms with van der Waals surface area (Å²) in [5, 5.41) is 9.02. The molecule has 0 aliphatic carbocycles. The first-order chi connectivity index (χ1) is 9.79. The first-order valence-electron chi connectivity index (χ1n) is 6.57. The average molecular weight is 315 g/mol. The SMILES string of the molecule is COC(=O)c1ccc(CS(=O)(=O)NC(C)C(C)CO)cc1. The van der Waals surface area contributed by atoms with E-state index >= 15 is 0 Å². The zero-order chi connectivity index (χ0) is 16.0. The van der Waals surface area contributed by atoms with Gasteiger partial charge >= 0.3 is 5.97 Å². The monoisotopic (exact) mass is 315 g/mol. The molecule has 2 atom stereocenters. The van der Waals surface area contributed by atoms with E-state index in [-0.39, 0.29) is 24.3 Å². The molecular formula is C14H21NO5S. The first-order valence-corrected chi connectivity index (χ1v) is 8.22. The third-order valence-corrected chi connectivity index (χ3v) is 4.68. The molecule has 21 heavy (non-hydrogen) atoms. The third kappa shape index (κ3) is 5.45. The van der Waals surface area contributed by atoms with Gasteiger partial charge < -0.3 is 9.84 Å². The lowest BCUT2D eigenvalue weighted by Gasteiger charge is -2.19. The van der Waals surface area contributed by atoms with Crippen molar-refractivity contribution in [1.82, 2.24) is 4.72 Å². The van der Waals surface area contributed by atoms with Crippen molar-refractivity contribution in [2.75, 3.05) is 13.7 Å². The van der Waals surface area contributed by atoms with E-state index in [0.717, 1.165) is 0 Å². The zero-order valence-corrected chi connectivity index (χ0v) is 13.2. The summed E-state index contributed by atoms with van der Waals surface area (Å²) in [6, 6.07) is 5.85. The van der Waals surface area contributed by atoms with Crippen LogP contribution in [0.25, 0.3) is 0 Å². The fraction of sp³-hybridized carbons (Fsp3) is 0.500. The second-order valence-corrected chi connectivity index (χ2v) is 6.77. The van der Waals surface area contributed by atoms with Crippen molar-refractivity contribution in [3.8, 4) is 0 Å². The summed E-state index contributed by atoms with van der Waals surface area (Å²) in [4.78, 5) is 11.3. The van der Waals surface area contributed by atoms with Crippen LogP contribution in [-0.2, 0) is 20.5 Å². The molecule has 0 aliphatic heterocycles. The minimum Gasteiger partial charge on any atom is -0.465 e. The predicted octanol–water partition coefficient (Wildman–Crippen LogP) is 0.909. The molecule has 1 aromatic carbocycles. The molecule has 118 valence electrons. The minimum atomic E-state index is -3.50. The van der Waals surface area contributed by atoms with Gasteiger partial charge in [-0.25, -0.2) is 17.9 Å². The molecule has 6 nitrogen and oxygen atoms in total. The van der Waals surface area contributed by atoms with Gasteiger partial charge in [-0.15, -0.1) is 0 Å². The molecule has 0 spiro atoms. The van der Waals surface area contributed by atoms with Crippen molar-refractivity contribution in [3.63, 3.8) is 0 Å². The van der Waals surface area contributed by atoms with E-state index in [9.17, 15) is 13.2 Å². The Kier molecular flexibility index (Phi) is 6.32. The van der Waals surface area contributed by atoms with Gasteiger partial charge in [-0.3, -0.25) is 0 Å². The van der Waals surface area contributed by atoms with Crippen LogP contribution in [0.3, 0.4) is 0 Å². The first kappa shape index (κ1) is 17.6. The minimum absolute atomic E-state index is 0.0858. The highest BCUT2D eigenvalue weighted by Crippen LogP contribution is 2.10. The van der Waals surface area contributed by atoms with E-state index in [4.69, 9.17) is 5.11 Å². The number of aliphatic hydroxyl groups excluding tert-OH is 1. The van der Waals surface area contributed by atoms with Crippen LogP contribution in [0.5, 0.6) is 0 Å². The summed E-state index contributed by atoms with van der Waals surface area (Å²) in [7, 11) is -2.22. The number of sulfonamides is 1. The van der Waals surface area contributed by atoms with Crippen LogP contribution in [0.1, 0.15) is 29.8 Å². The van der Waals surface area contributed by atoms with Gasteiger partial charge in [-0.1, -0.05) is 19.1 Å². The standard InChI is InChI=1S/C14H21NO5S/c1-10(8-16)11(2)15-21(18,19)9-12-4-6-13(7-5-12)14(17)20-3/h4-7,10-11,15-16H,8-9H2,1-3H3. The second kappa shape index (κ2) is 7.53. The number of carbonyl (C=O) groups excluding carboxylic acids is 1. The van der Waals surface area contributed by atoms with E-state index in [1.165, 1.54) is 19.2 Å². The number of hydrogen-bond donors (Lipinski definition) is 2. The number of benzene rings is 1. The number of methoxy groups -OCH3 is 1. The number of esters is 1. The van der Waals surface area contributed by atoms with Gasteiger partial charge in [0, 0.05) is 12.6 Å². The van der Waals surface area contributed by atoms with Crippen LogP contribution < -0.4 is 4.72 Å². The number of ether oxygens (including phenoxy) is 1. The summed E-state index contributed by atoms with van der Waals surface area (Å²) in [6.07, 6.45) is 0. The lowest BCUT2D eigenvalue weighted by atomic mass is 10.1. The van der Waals surface area contributed by atoms with Crippen molar-refractivity contribution in [2.45, 2.75) is 25.6 Å². The van der Waals surface area contributed by atoms with Crippen molar-refractivity contribution in [3.05, 3.63) is 35.4 Å². The van der Waals surface area contributed by atoms with E-state index in [1.54, 1.807) is 26.0 Å². The molecule has 0 fully saturated rings. The molecule has 0 amide bonds. The number of carbonyl (C=O) groups is 1. The van der Waals surface area contributed by atoms with Crippen molar-refractivity contribution in [1.29, 1.82) is 0 Å². The molecule has 1 aromatic rings. The lowest BCUT2D eigenvalue weighted by molar-refractivity contribution is 0.0600. The average Bonchev–Trinajstić information content (AvgIpc) is 2.45. The van der Waals surface area contributed by atoms with E-state index in [2.05, 4.69) is 9.46 Å². The molecular weight excluding hydrogens is 294 g/mol. The molecule has 0 saturated heterocycles. The Labute approximate surface area is 125 Å². The predicted molar refractivity (Wildman–Crippen MR) is 79.3 cm³/mol. The van der Waals surface area contributed by atoms with Gasteiger partial charge in [0.2, 0.25) is 10.0 Å². The number of hydrogen-bond acceptors (Lipinski definition) is 5. The van der Waals surface area contributed by atoms with E-state index in [0.29, 0.717) is 11.1 Å². The van der Waals surface area contributed by atoms with Crippen molar-refractivity contribution < 1.29 is 23.1 Å². The highest BCUT2D eigenvalue weighted by atomic mass is 32.2. The quantitative estimate of drug-likeness (QED) is 0.730. The largest absolute Gasteiger partial charge is 0.465 e. The van der Waals surface area contributed by atoms with Crippen molar-refractivity contribution >= 4 is 16.0 Å². The topological polar surface area (TPSA) is 92.7 Å². The summed E-state index contributed by atoms with van der Waals surface area (Å²) >= 11 is 0. The fourth-order valence-corrected chi connectivity index (χ4v) is 3.19. The zero-order valence-electron chi connectivity index (χ0n) is 12.4. The maximum absolute atomic E-state index is 12.0. The molecule has 0 bridgehead atoms. The summed E-state index contributed by atoms with van der Waals surface area (Å²) in [5.41, 5.74) is 0.938. The molecule has 2 unspecified atom stereocenters. The van der Waals surface area contributed by atoms with Gasteiger partial charge in [-0.2, -0.15) is 0 Å².